The Balaban J connectivity index is 1.56. The summed E-state index contributed by atoms with van der Waals surface area (Å²) in [7, 11) is 0. The normalized spacial score (nSPS) is 21.0. The minimum absolute atomic E-state index is 0.0202. The average Bonchev–Trinajstić information content (AvgIpc) is 3.04. The van der Waals surface area contributed by atoms with Gasteiger partial charge in [-0.3, -0.25) is 19.0 Å². The van der Waals surface area contributed by atoms with Gasteiger partial charge in [-0.1, -0.05) is 29.8 Å². The summed E-state index contributed by atoms with van der Waals surface area (Å²) in [6.07, 6.45) is 1.21. The molecule has 0 aliphatic carbocycles. The van der Waals surface area contributed by atoms with Crippen molar-refractivity contribution in [2.24, 2.45) is 5.92 Å². The molecule has 27 heavy (non-hydrogen) atoms. The van der Waals surface area contributed by atoms with Crippen molar-refractivity contribution in [3.05, 3.63) is 61.9 Å². The standard InChI is InChI=1S/C20H24N4O3/c1-3-24-20(27)19(26)23-11-15-8-9-22(12-16(15)18(23)21-24)17(25)10-14-6-4-13(2)5-7-14/h4-7,15-16H,3,8-12H2,1-2H3/t15-,16-/m0/s1. The second-order valence-electron chi connectivity index (χ2n) is 7.55. The van der Waals surface area contributed by atoms with Crippen LogP contribution >= 0.6 is 0 Å². The minimum atomic E-state index is -0.563. The lowest BCUT2D eigenvalue weighted by atomic mass is 9.87. The number of hydrogen-bond donors (Lipinski definition) is 0. The summed E-state index contributed by atoms with van der Waals surface area (Å²) in [5, 5.41) is 4.43. The van der Waals surface area contributed by atoms with Crippen molar-refractivity contribution in [2.45, 2.75) is 45.7 Å². The Morgan fingerprint density at radius 2 is 1.89 bits per heavy atom. The van der Waals surface area contributed by atoms with Crippen LogP contribution in [0.5, 0.6) is 0 Å². The summed E-state index contributed by atoms with van der Waals surface area (Å²) in [4.78, 5) is 39.1. The van der Waals surface area contributed by atoms with Crippen LogP contribution in [0.3, 0.4) is 0 Å². The summed E-state index contributed by atoms with van der Waals surface area (Å²) in [5.41, 5.74) is 1.13. The summed E-state index contributed by atoms with van der Waals surface area (Å²) in [5.74, 6) is 1.04. The molecule has 1 aromatic heterocycles. The van der Waals surface area contributed by atoms with Crippen molar-refractivity contribution in [1.29, 1.82) is 0 Å². The zero-order valence-corrected chi connectivity index (χ0v) is 15.7. The predicted molar refractivity (Wildman–Crippen MR) is 101 cm³/mol. The van der Waals surface area contributed by atoms with Gasteiger partial charge in [-0.2, -0.15) is 5.10 Å². The smallest absolute Gasteiger partial charge is 0.332 e. The van der Waals surface area contributed by atoms with E-state index in [9.17, 15) is 14.4 Å². The van der Waals surface area contributed by atoms with Gasteiger partial charge in [-0.15, -0.1) is 0 Å². The van der Waals surface area contributed by atoms with Crippen LogP contribution in [0.15, 0.2) is 33.9 Å². The molecule has 3 heterocycles. The Bertz CT molecular complexity index is 990. The number of hydrogen-bond acceptors (Lipinski definition) is 4. The molecule has 1 fully saturated rings. The molecule has 0 N–H and O–H groups in total. The molecule has 0 bridgehead atoms. The van der Waals surface area contributed by atoms with E-state index in [-0.39, 0.29) is 17.7 Å². The number of rotatable bonds is 3. The van der Waals surface area contributed by atoms with Crippen molar-refractivity contribution < 1.29 is 4.79 Å². The van der Waals surface area contributed by atoms with Gasteiger partial charge in [0.25, 0.3) is 0 Å². The number of nitrogens with zero attached hydrogens (tertiary/aromatic N) is 4. The molecule has 0 saturated carbocycles. The number of carbonyl (C=O) groups is 1. The largest absolute Gasteiger partial charge is 0.342 e. The molecular formula is C20H24N4O3. The summed E-state index contributed by atoms with van der Waals surface area (Å²) in [6, 6.07) is 8.02. The van der Waals surface area contributed by atoms with Crippen molar-refractivity contribution >= 4 is 5.91 Å². The van der Waals surface area contributed by atoms with E-state index in [0.29, 0.717) is 38.4 Å². The molecule has 0 unspecified atom stereocenters. The maximum Gasteiger partial charge on any atom is 0.332 e. The Hall–Kier alpha value is -2.70. The van der Waals surface area contributed by atoms with Gasteiger partial charge in [0.2, 0.25) is 5.91 Å². The van der Waals surface area contributed by atoms with Gasteiger partial charge >= 0.3 is 11.1 Å². The van der Waals surface area contributed by atoms with E-state index in [2.05, 4.69) is 5.10 Å². The topological polar surface area (TPSA) is 77.2 Å². The highest BCUT2D eigenvalue weighted by Crippen LogP contribution is 2.37. The number of amides is 1. The van der Waals surface area contributed by atoms with Crippen LogP contribution in [0.4, 0.5) is 0 Å². The van der Waals surface area contributed by atoms with Crippen LogP contribution in [0.25, 0.3) is 0 Å². The third-order valence-corrected chi connectivity index (χ3v) is 5.80. The van der Waals surface area contributed by atoms with Crippen LogP contribution in [-0.4, -0.2) is 38.2 Å². The SMILES string of the molecule is CCn1nc2n(c(=O)c1=O)C[C@@H]1CCN(C(=O)Cc3ccc(C)cc3)C[C@H]21. The number of carbonyl (C=O) groups excluding carboxylic acids is 1. The zero-order chi connectivity index (χ0) is 19.1. The molecule has 2 aliphatic heterocycles. The lowest BCUT2D eigenvalue weighted by Gasteiger charge is -2.34. The van der Waals surface area contributed by atoms with E-state index in [1.54, 1.807) is 6.92 Å². The first-order valence-electron chi connectivity index (χ1n) is 9.53. The highest BCUT2D eigenvalue weighted by molar-refractivity contribution is 5.79. The van der Waals surface area contributed by atoms with Gasteiger partial charge in [0.15, 0.2) is 0 Å². The number of piperidine rings is 1. The van der Waals surface area contributed by atoms with E-state index in [4.69, 9.17) is 0 Å². The van der Waals surface area contributed by atoms with Crippen molar-refractivity contribution in [1.82, 2.24) is 19.2 Å². The molecule has 7 heteroatoms. The second kappa shape index (κ2) is 6.79. The molecule has 1 saturated heterocycles. The van der Waals surface area contributed by atoms with Crippen LogP contribution < -0.4 is 11.1 Å². The lowest BCUT2D eigenvalue weighted by Crippen LogP contribution is -2.44. The molecular weight excluding hydrogens is 344 g/mol. The third kappa shape index (κ3) is 3.11. The number of benzene rings is 1. The maximum atomic E-state index is 12.8. The van der Waals surface area contributed by atoms with E-state index in [1.807, 2.05) is 36.1 Å². The van der Waals surface area contributed by atoms with Crippen LogP contribution in [0, 0.1) is 12.8 Å². The number of aryl methyl sites for hydroxylation is 2. The Kier molecular flexibility index (Phi) is 4.45. The molecule has 4 rings (SSSR count). The quantitative estimate of drug-likeness (QED) is 0.755. The van der Waals surface area contributed by atoms with E-state index in [1.165, 1.54) is 14.8 Å². The number of fused-ring (bicyclic) bond motifs is 3. The molecule has 142 valence electrons. The summed E-state index contributed by atoms with van der Waals surface area (Å²) in [6.45, 7) is 5.98. The zero-order valence-electron chi connectivity index (χ0n) is 15.7. The first-order chi connectivity index (χ1) is 13.0. The number of likely N-dealkylation sites (tertiary alicyclic amines) is 1. The van der Waals surface area contributed by atoms with E-state index >= 15 is 0 Å². The molecule has 2 aromatic rings. The van der Waals surface area contributed by atoms with Gasteiger partial charge < -0.3 is 4.90 Å². The molecule has 7 nitrogen and oxygen atoms in total. The number of aromatic nitrogens is 3. The summed E-state index contributed by atoms with van der Waals surface area (Å²) >= 11 is 0. The molecule has 0 spiro atoms. The highest BCUT2D eigenvalue weighted by atomic mass is 16.2. The van der Waals surface area contributed by atoms with Crippen molar-refractivity contribution in [3.63, 3.8) is 0 Å². The molecule has 2 aliphatic rings. The minimum Gasteiger partial charge on any atom is -0.342 e. The summed E-state index contributed by atoms with van der Waals surface area (Å²) < 4.78 is 2.77. The van der Waals surface area contributed by atoms with Crippen LogP contribution in [0.1, 0.15) is 36.2 Å². The van der Waals surface area contributed by atoms with Crippen molar-refractivity contribution in [3.8, 4) is 0 Å². The third-order valence-electron chi connectivity index (χ3n) is 5.80. The Morgan fingerprint density at radius 1 is 1.15 bits per heavy atom. The fourth-order valence-electron chi connectivity index (χ4n) is 4.18. The van der Waals surface area contributed by atoms with Crippen LogP contribution in [-0.2, 0) is 24.3 Å². The molecule has 0 radical (unpaired) electrons. The first kappa shape index (κ1) is 17.7. The monoisotopic (exact) mass is 368 g/mol. The Labute approximate surface area is 157 Å². The fraction of sp³-hybridized carbons (Fsp3) is 0.500. The lowest BCUT2D eigenvalue weighted by molar-refractivity contribution is -0.132. The van der Waals surface area contributed by atoms with Gasteiger partial charge in [0.05, 0.1) is 6.42 Å². The van der Waals surface area contributed by atoms with Gasteiger partial charge in [-0.05, 0) is 31.7 Å². The van der Waals surface area contributed by atoms with E-state index < -0.39 is 11.1 Å². The van der Waals surface area contributed by atoms with Crippen molar-refractivity contribution in [2.75, 3.05) is 13.1 Å². The van der Waals surface area contributed by atoms with Gasteiger partial charge in [0, 0.05) is 32.1 Å². The highest BCUT2D eigenvalue weighted by Gasteiger charge is 2.40. The second-order valence-corrected chi connectivity index (χ2v) is 7.55. The molecule has 1 amide bonds. The predicted octanol–water partition coefficient (Wildman–Crippen LogP) is 0.922. The van der Waals surface area contributed by atoms with E-state index in [0.717, 1.165) is 12.0 Å². The first-order valence-corrected chi connectivity index (χ1v) is 9.53. The van der Waals surface area contributed by atoms with Crippen LogP contribution in [0.2, 0.25) is 0 Å². The molecule has 1 aromatic carbocycles. The van der Waals surface area contributed by atoms with Gasteiger partial charge in [-0.25, -0.2) is 4.68 Å². The molecule has 2 atom stereocenters. The fourth-order valence-corrected chi connectivity index (χ4v) is 4.18. The van der Waals surface area contributed by atoms with Gasteiger partial charge in [0.1, 0.15) is 5.82 Å². The average molecular weight is 368 g/mol. The maximum absolute atomic E-state index is 12.8. The Morgan fingerprint density at radius 3 is 2.59 bits per heavy atom.